The van der Waals surface area contributed by atoms with Gasteiger partial charge in [-0.3, -0.25) is 9.59 Å². The maximum Gasteiger partial charge on any atom is 0.253 e. The van der Waals surface area contributed by atoms with Crippen LogP contribution in [0.1, 0.15) is 35.7 Å². The Morgan fingerprint density at radius 1 is 1.07 bits per heavy atom. The van der Waals surface area contributed by atoms with Crippen molar-refractivity contribution in [2.75, 3.05) is 20.2 Å². The average Bonchev–Trinajstić information content (AvgIpc) is 3.13. The number of nitrogens with one attached hydrogen (secondary N) is 1. The molecule has 1 aliphatic rings. The first-order chi connectivity index (χ1) is 13.0. The predicted octanol–water partition coefficient (Wildman–Crippen LogP) is 3.08. The minimum Gasteiger partial charge on any atom is -0.497 e. The van der Waals surface area contributed by atoms with Crippen LogP contribution in [0, 0.1) is 5.92 Å². The van der Waals surface area contributed by atoms with Crippen molar-refractivity contribution in [3.05, 3.63) is 65.7 Å². The van der Waals surface area contributed by atoms with Gasteiger partial charge in [-0.25, -0.2) is 0 Å². The molecule has 3 rings (SSSR count). The first-order valence-electron chi connectivity index (χ1n) is 9.28. The van der Waals surface area contributed by atoms with E-state index in [-0.39, 0.29) is 29.7 Å². The molecule has 0 saturated carbocycles. The molecule has 2 amide bonds. The van der Waals surface area contributed by atoms with E-state index in [1.807, 2.05) is 68.4 Å². The summed E-state index contributed by atoms with van der Waals surface area (Å²) in [6.07, 6.45) is 0. The number of benzene rings is 2. The van der Waals surface area contributed by atoms with Crippen molar-refractivity contribution in [2.24, 2.45) is 5.92 Å². The highest BCUT2D eigenvalue weighted by Gasteiger charge is 2.40. The summed E-state index contributed by atoms with van der Waals surface area (Å²) in [5.41, 5.74) is 1.66. The number of hydrogen-bond donors (Lipinski definition) is 1. The van der Waals surface area contributed by atoms with E-state index in [0.29, 0.717) is 18.7 Å². The Kier molecular flexibility index (Phi) is 5.79. The normalized spacial score (nSPS) is 19.2. The number of likely N-dealkylation sites (tertiary alicyclic amines) is 1. The average molecular weight is 366 g/mol. The second-order valence-electron chi connectivity index (χ2n) is 7.23. The number of hydrogen-bond acceptors (Lipinski definition) is 3. The Morgan fingerprint density at radius 3 is 2.48 bits per heavy atom. The van der Waals surface area contributed by atoms with E-state index in [4.69, 9.17) is 4.74 Å². The van der Waals surface area contributed by atoms with E-state index >= 15 is 0 Å². The van der Waals surface area contributed by atoms with Crippen molar-refractivity contribution in [1.82, 2.24) is 10.2 Å². The fourth-order valence-electron chi connectivity index (χ4n) is 3.60. The van der Waals surface area contributed by atoms with Crippen LogP contribution in [0.3, 0.4) is 0 Å². The Hall–Kier alpha value is -2.82. The molecule has 1 heterocycles. The Bertz CT molecular complexity index is 804. The summed E-state index contributed by atoms with van der Waals surface area (Å²) in [5.74, 6) is 0.353. The molecule has 5 heteroatoms. The molecule has 27 heavy (non-hydrogen) atoms. The molecule has 1 N–H and O–H groups in total. The van der Waals surface area contributed by atoms with E-state index in [9.17, 15) is 9.59 Å². The van der Waals surface area contributed by atoms with E-state index in [0.717, 1.165) is 11.3 Å². The number of carbonyl (C=O) groups is 2. The van der Waals surface area contributed by atoms with Gasteiger partial charge in [0.25, 0.3) is 5.91 Å². The molecule has 2 aromatic rings. The number of amides is 2. The molecule has 2 unspecified atom stereocenters. The van der Waals surface area contributed by atoms with Gasteiger partial charge in [0.05, 0.1) is 13.0 Å². The van der Waals surface area contributed by atoms with E-state index in [1.165, 1.54) is 0 Å². The van der Waals surface area contributed by atoms with Gasteiger partial charge in [0, 0.05) is 30.6 Å². The largest absolute Gasteiger partial charge is 0.497 e. The predicted molar refractivity (Wildman–Crippen MR) is 105 cm³/mol. The molecule has 5 nitrogen and oxygen atoms in total. The highest BCUT2D eigenvalue weighted by molar-refractivity contribution is 5.95. The van der Waals surface area contributed by atoms with Crippen molar-refractivity contribution < 1.29 is 14.3 Å². The van der Waals surface area contributed by atoms with Crippen LogP contribution in [0.15, 0.2) is 54.6 Å². The van der Waals surface area contributed by atoms with Gasteiger partial charge in [0.2, 0.25) is 5.91 Å². The summed E-state index contributed by atoms with van der Waals surface area (Å²) in [6, 6.07) is 17.0. The molecular weight excluding hydrogens is 340 g/mol. The molecule has 2 atom stereocenters. The number of nitrogens with zero attached hydrogens (tertiary/aromatic N) is 1. The lowest BCUT2D eigenvalue weighted by atomic mass is 9.88. The van der Waals surface area contributed by atoms with Crippen LogP contribution in [0.2, 0.25) is 0 Å². The Labute approximate surface area is 160 Å². The maximum absolute atomic E-state index is 12.9. The SMILES string of the molecule is COc1cccc(C2CN(C(=O)c3ccccc3)CC2C(=O)NC(C)C)c1. The van der Waals surface area contributed by atoms with Gasteiger partial charge in [-0.15, -0.1) is 0 Å². The zero-order chi connectivity index (χ0) is 19.4. The molecule has 1 fully saturated rings. The van der Waals surface area contributed by atoms with Crippen molar-refractivity contribution in [2.45, 2.75) is 25.8 Å². The first kappa shape index (κ1) is 19.0. The molecule has 142 valence electrons. The van der Waals surface area contributed by atoms with Gasteiger partial charge < -0.3 is 15.0 Å². The minimum atomic E-state index is -0.285. The van der Waals surface area contributed by atoms with Gasteiger partial charge in [0.15, 0.2) is 0 Å². The summed E-state index contributed by atoms with van der Waals surface area (Å²) in [4.78, 5) is 27.5. The molecule has 0 spiro atoms. The van der Waals surface area contributed by atoms with Crippen LogP contribution >= 0.6 is 0 Å². The van der Waals surface area contributed by atoms with Crippen LogP contribution in [0.25, 0.3) is 0 Å². The standard InChI is InChI=1S/C22H26N2O3/c1-15(2)23-21(25)20-14-24(22(26)16-8-5-4-6-9-16)13-19(20)17-10-7-11-18(12-17)27-3/h4-12,15,19-20H,13-14H2,1-3H3,(H,23,25). The zero-order valence-corrected chi connectivity index (χ0v) is 16.0. The molecular formula is C22H26N2O3. The zero-order valence-electron chi connectivity index (χ0n) is 16.0. The smallest absolute Gasteiger partial charge is 0.253 e. The quantitative estimate of drug-likeness (QED) is 0.885. The van der Waals surface area contributed by atoms with Gasteiger partial charge in [0.1, 0.15) is 5.75 Å². The van der Waals surface area contributed by atoms with Crippen molar-refractivity contribution in [1.29, 1.82) is 0 Å². The van der Waals surface area contributed by atoms with Gasteiger partial charge in [-0.05, 0) is 43.7 Å². The third-order valence-electron chi connectivity index (χ3n) is 4.92. The highest BCUT2D eigenvalue weighted by Crippen LogP contribution is 2.35. The number of methoxy groups -OCH3 is 1. The summed E-state index contributed by atoms with van der Waals surface area (Å²) in [5, 5.41) is 3.00. The molecule has 2 aromatic carbocycles. The van der Waals surface area contributed by atoms with Gasteiger partial charge >= 0.3 is 0 Å². The molecule has 0 aliphatic carbocycles. The summed E-state index contributed by atoms with van der Waals surface area (Å²) in [6.45, 7) is 4.81. The fourth-order valence-corrected chi connectivity index (χ4v) is 3.60. The monoisotopic (exact) mass is 366 g/mol. The summed E-state index contributed by atoms with van der Waals surface area (Å²) in [7, 11) is 1.63. The minimum absolute atomic E-state index is 0.0128. The highest BCUT2D eigenvalue weighted by atomic mass is 16.5. The third-order valence-corrected chi connectivity index (χ3v) is 4.92. The van der Waals surface area contributed by atoms with E-state index in [2.05, 4.69) is 5.32 Å². The van der Waals surface area contributed by atoms with E-state index < -0.39 is 0 Å². The lowest BCUT2D eigenvalue weighted by Gasteiger charge is -2.20. The number of ether oxygens (including phenoxy) is 1. The Balaban J connectivity index is 1.88. The maximum atomic E-state index is 12.9. The second kappa shape index (κ2) is 8.25. The summed E-state index contributed by atoms with van der Waals surface area (Å²) < 4.78 is 5.34. The van der Waals surface area contributed by atoms with Crippen LogP contribution < -0.4 is 10.1 Å². The Morgan fingerprint density at radius 2 is 1.81 bits per heavy atom. The summed E-state index contributed by atoms with van der Waals surface area (Å²) >= 11 is 0. The van der Waals surface area contributed by atoms with Crippen molar-refractivity contribution >= 4 is 11.8 Å². The molecule has 0 bridgehead atoms. The molecule has 0 aromatic heterocycles. The topological polar surface area (TPSA) is 58.6 Å². The lowest BCUT2D eigenvalue weighted by molar-refractivity contribution is -0.125. The molecule has 1 saturated heterocycles. The van der Waals surface area contributed by atoms with Crippen molar-refractivity contribution in [3.8, 4) is 5.75 Å². The lowest BCUT2D eigenvalue weighted by Crippen LogP contribution is -2.39. The second-order valence-corrected chi connectivity index (χ2v) is 7.23. The van der Waals surface area contributed by atoms with Crippen LogP contribution in [-0.4, -0.2) is 43.0 Å². The van der Waals surface area contributed by atoms with E-state index in [1.54, 1.807) is 12.0 Å². The van der Waals surface area contributed by atoms with Gasteiger partial charge in [-0.2, -0.15) is 0 Å². The van der Waals surface area contributed by atoms with Gasteiger partial charge in [-0.1, -0.05) is 30.3 Å². The third kappa shape index (κ3) is 4.30. The van der Waals surface area contributed by atoms with Crippen molar-refractivity contribution in [3.63, 3.8) is 0 Å². The van der Waals surface area contributed by atoms with Crippen LogP contribution in [-0.2, 0) is 4.79 Å². The number of carbonyl (C=O) groups excluding carboxylic acids is 2. The first-order valence-corrected chi connectivity index (χ1v) is 9.28. The fraction of sp³-hybridized carbons (Fsp3) is 0.364. The van der Waals surface area contributed by atoms with Crippen LogP contribution in [0.4, 0.5) is 0 Å². The molecule has 1 aliphatic heterocycles. The molecule has 0 radical (unpaired) electrons. The van der Waals surface area contributed by atoms with Crippen LogP contribution in [0.5, 0.6) is 5.75 Å². The number of rotatable bonds is 5.